The predicted octanol–water partition coefficient (Wildman–Crippen LogP) is 1.51. The van der Waals surface area contributed by atoms with Crippen LogP contribution in [0.3, 0.4) is 0 Å². The molecule has 0 unspecified atom stereocenters. The maximum atomic E-state index is 12.0. The second-order valence-electron chi connectivity index (χ2n) is 5.69. The van der Waals surface area contributed by atoms with Gasteiger partial charge in [-0.05, 0) is 37.8 Å². The van der Waals surface area contributed by atoms with E-state index < -0.39 is 48.6 Å². The van der Waals surface area contributed by atoms with Crippen LogP contribution in [0.5, 0.6) is 0 Å². The number of allylic oxidation sites excluding steroid dienone is 2. The van der Waals surface area contributed by atoms with E-state index >= 15 is 0 Å². The lowest BCUT2D eigenvalue weighted by Crippen LogP contribution is -2.17. The molecular weight excluding hydrogens is 471 g/mol. The van der Waals surface area contributed by atoms with Crippen molar-refractivity contribution in [2.45, 2.75) is 25.7 Å². The SMILES string of the molecule is O=C(/C=C\C(=O)OC(=CCCCCl)C(=O)OCCO)OC(=CCCCCl)C(=O)OCCO. The second-order valence-corrected chi connectivity index (χ2v) is 6.45. The van der Waals surface area contributed by atoms with Gasteiger partial charge in [-0.1, -0.05) is 0 Å². The van der Waals surface area contributed by atoms with Gasteiger partial charge in [-0.25, -0.2) is 19.2 Å². The van der Waals surface area contributed by atoms with E-state index in [1.54, 1.807) is 0 Å². The monoisotopic (exact) mass is 496 g/mol. The van der Waals surface area contributed by atoms with E-state index in [2.05, 4.69) is 0 Å². The number of hydrogen-bond donors (Lipinski definition) is 2. The highest BCUT2D eigenvalue weighted by Crippen LogP contribution is 2.08. The summed E-state index contributed by atoms with van der Waals surface area (Å²) >= 11 is 11.1. The van der Waals surface area contributed by atoms with Crippen LogP contribution >= 0.6 is 23.2 Å². The van der Waals surface area contributed by atoms with Crippen molar-refractivity contribution in [2.24, 2.45) is 0 Å². The van der Waals surface area contributed by atoms with Gasteiger partial charge in [0.25, 0.3) is 0 Å². The molecule has 32 heavy (non-hydrogen) atoms. The first-order valence-corrected chi connectivity index (χ1v) is 10.7. The van der Waals surface area contributed by atoms with E-state index in [9.17, 15) is 19.2 Å². The summed E-state index contributed by atoms with van der Waals surface area (Å²) in [5, 5.41) is 17.4. The highest BCUT2D eigenvalue weighted by Gasteiger charge is 2.18. The van der Waals surface area contributed by atoms with Crippen LogP contribution in [-0.4, -0.2) is 72.3 Å². The zero-order valence-electron chi connectivity index (χ0n) is 17.3. The number of alkyl halides is 2. The Balaban J connectivity index is 5.08. The molecule has 0 fully saturated rings. The molecule has 0 aromatic heterocycles. The number of ether oxygens (including phenoxy) is 4. The number of halogens is 2. The molecular formula is C20H26Cl2O10. The number of unbranched alkanes of at least 4 members (excludes halogenated alkanes) is 2. The Labute approximate surface area is 195 Å². The Morgan fingerprint density at radius 3 is 1.38 bits per heavy atom. The van der Waals surface area contributed by atoms with Crippen molar-refractivity contribution < 1.29 is 48.3 Å². The summed E-state index contributed by atoms with van der Waals surface area (Å²) in [4.78, 5) is 47.7. The Morgan fingerprint density at radius 1 is 0.688 bits per heavy atom. The fraction of sp³-hybridized carbons (Fsp3) is 0.500. The fourth-order valence-electron chi connectivity index (χ4n) is 1.79. The van der Waals surface area contributed by atoms with Gasteiger partial charge in [0.1, 0.15) is 13.2 Å². The first-order valence-electron chi connectivity index (χ1n) is 9.59. The van der Waals surface area contributed by atoms with Gasteiger partial charge < -0.3 is 29.2 Å². The van der Waals surface area contributed by atoms with Crippen molar-refractivity contribution >= 4 is 47.1 Å². The zero-order valence-corrected chi connectivity index (χ0v) is 18.8. The molecule has 0 aliphatic heterocycles. The Morgan fingerprint density at radius 2 is 1.06 bits per heavy atom. The van der Waals surface area contributed by atoms with Crippen LogP contribution in [0.4, 0.5) is 0 Å². The first kappa shape index (κ1) is 29.6. The number of esters is 4. The molecule has 0 saturated carbocycles. The third-order valence-corrected chi connectivity index (χ3v) is 3.70. The molecule has 0 aliphatic rings. The van der Waals surface area contributed by atoms with Gasteiger partial charge in [-0.15, -0.1) is 23.2 Å². The maximum absolute atomic E-state index is 12.0. The normalized spacial score (nSPS) is 11.9. The second kappa shape index (κ2) is 19.3. The van der Waals surface area contributed by atoms with Crippen molar-refractivity contribution in [3.8, 4) is 0 Å². The largest absolute Gasteiger partial charge is 0.457 e. The minimum Gasteiger partial charge on any atom is -0.457 e. The van der Waals surface area contributed by atoms with Crippen LogP contribution in [0.1, 0.15) is 25.7 Å². The van der Waals surface area contributed by atoms with Crippen LogP contribution in [-0.2, 0) is 38.1 Å². The Bertz CT molecular complexity index is 642. The van der Waals surface area contributed by atoms with E-state index in [0.29, 0.717) is 49.6 Å². The Kier molecular flexibility index (Phi) is 17.9. The molecule has 0 heterocycles. The molecule has 10 nitrogen and oxygen atoms in total. The fourth-order valence-corrected chi connectivity index (χ4v) is 2.10. The highest BCUT2D eigenvalue weighted by atomic mass is 35.5. The third-order valence-electron chi connectivity index (χ3n) is 3.16. The van der Waals surface area contributed by atoms with Crippen LogP contribution in [0.25, 0.3) is 0 Å². The van der Waals surface area contributed by atoms with Gasteiger partial charge in [-0.3, -0.25) is 0 Å². The summed E-state index contributed by atoms with van der Waals surface area (Å²) in [5.74, 6) is -4.36. The van der Waals surface area contributed by atoms with Crippen LogP contribution in [0.2, 0.25) is 0 Å². The van der Waals surface area contributed by atoms with Gasteiger partial charge in [0.05, 0.1) is 13.2 Å². The van der Waals surface area contributed by atoms with Crippen LogP contribution < -0.4 is 0 Å². The molecule has 0 spiro atoms. The lowest BCUT2D eigenvalue weighted by Gasteiger charge is -2.08. The topological polar surface area (TPSA) is 146 Å². The van der Waals surface area contributed by atoms with E-state index in [4.69, 9.17) is 52.4 Å². The minimum atomic E-state index is -1.09. The number of hydrogen-bond acceptors (Lipinski definition) is 10. The van der Waals surface area contributed by atoms with Crippen molar-refractivity contribution in [1.29, 1.82) is 0 Å². The average Bonchev–Trinajstić information content (AvgIpc) is 2.78. The summed E-state index contributed by atoms with van der Waals surface area (Å²) in [7, 11) is 0. The van der Waals surface area contributed by atoms with Crippen molar-refractivity contribution in [3.05, 3.63) is 35.8 Å². The van der Waals surface area contributed by atoms with Gasteiger partial charge in [-0.2, -0.15) is 0 Å². The Hall–Kier alpha value is -2.40. The maximum Gasteiger partial charge on any atom is 0.374 e. The van der Waals surface area contributed by atoms with Crippen molar-refractivity contribution in [3.63, 3.8) is 0 Å². The molecule has 0 aliphatic carbocycles. The van der Waals surface area contributed by atoms with E-state index in [1.807, 2.05) is 0 Å². The quantitative estimate of drug-likeness (QED) is 0.0804. The number of rotatable bonds is 16. The lowest BCUT2D eigenvalue weighted by molar-refractivity contribution is -0.150. The molecule has 2 N–H and O–H groups in total. The lowest BCUT2D eigenvalue weighted by atomic mass is 10.3. The molecule has 0 amide bonds. The van der Waals surface area contributed by atoms with E-state index in [-0.39, 0.29) is 13.2 Å². The molecule has 0 atom stereocenters. The van der Waals surface area contributed by atoms with Gasteiger partial charge in [0.2, 0.25) is 11.5 Å². The summed E-state index contributed by atoms with van der Waals surface area (Å²) in [6, 6.07) is 0. The molecule has 0 radical (unpaired) electrons. The number of carbonyl (C=O) groups is 4. The van der Waals surface area contributed by atoms with Crippen molar-refractivity contribution in [2.75, 3.05) is 38.2 Å². The molecule has 180 valence electrons. The summed E-state index contributed by atoms with van der Waals surface area (Å²) in [6.07, 6.45) is 5.60. The number of aliphatic hydroxyl groups excluding tert-OH is 2. The molecule has 0 rings (SSSR count). The van der Waals surface area contributed by atoms with Gasteiger partial charge in [0, 0.05) is 23.9 Å². The molecule has 0 bridgehead atoms. The van der Waals surface area contributed by atoms with Crippen molar-refractivity contribution in [1.82, 2.24) is 0 Å². The summed E-state index contributed by atoms with van der Waals surface area (Å²) in [6.45, 7) is -1.42. The third kappa shape index (κ3) is 14.6. The predicted molar refractivity (Wildman–Crippen MR) is 113 cm³/mol. The molecule has 0 aromatic rings. The highest BCUT2D eigenvalue weighted by molar-refractivity contribution is 6.18. The van der Waals surface area contributed by atoms with E-state index in [0.717, 1.165) is 0 Å². The zero-order chi connectivity index (χ0) is 24.2. The van der Waals surface area contributed by atoms with Gasteiger partial charge >= 0.3 is 23.9 Å². The smallest absolute Gasteiger partial charge is 0.374 e. The molecule has 12 heteroatoms. The molecule has 0 saturated heterocycles. The summed E-state index contributed by atoms with van der Waals surface area (Å²) < 4.78 is 19.1. The van der Waals surface area contributed by atoms with Crippen LogP contribution in [0, 0.1) is 0 Å². The van der Waals surface area contributed by atoms with E-state index in [1.165, 1.54) is 12.2 Å². The number of carbonyl (C=O) groups excluding carboxylic acids is 4. The number of aliphatic hydroxyl groups is 2. The summed E-state index contributed by atoms with van der Waals surface area (Å²) in [5.41, 5.74) is 0. The average molecular weight is 497 g/mol. The van der Waals surface area contributed by atoms with Crippen LogP contribution in [0.15, 0.2) is 35.8 Å². The van der Waals surface area contributed by atoms with Gasteiger partial charge in [0.15, 0.2) is 0 Å². The first-order chi connectivity index (χ1) is 15.4. The molecule has 0 aromatic carbocycles. The minimum absolute atomic E-state index is 0.295. The standard InChI is InChI=1S/C20H26Cl2O10/c21-9-3-1-5-15(19(27)29-13-11-23)31-17(25)7-8-18(26)32-16(6-2-4-10-22)20(28)30-14-12-24/h5-8,23-24H,1-4,9-14H2/b8-7-,15-5?,16-6?.